The van der Waals surface area contributed by atoms with Crippen molar-refractivity contribution >= 4 is 0 Å². The van der Waals surface area contributed by atoms with Crippen LogP contribution in [0.3, 0.4) is 0 Å². The summed E-state index contributed by atoms with van der Waals surface area (Å²) in [5.74, 6) is 0. The van der Waals surface area contributed by atoms with Crippen molar-refractivity contribution in [3.05, 3.63) is 10.1 Å². The molecule has 0 spiro atoms. The van der Waals surface area contributed by atoms with Gasteiger partial charge in [-0.2, -0.15) is 0 Å². The lowest BCUT2D eigenvalue weighted by molar-refractivity contribution is -0.742. The van der Waals surface area contributed by atoms with Crippen LogP contribution in [0.15, 0.2) is 0 Å². The van der Waals surface area contributed by atoms with Crippen LogP contribution in [0, 0.1) is 10.1 Å². The van der Waals surface area contributed by atoms with E-state index in [0.29, 0.717) is 0 Å². The lowest BCUT2D eigenvalue weighted by Crippen LogP contribution is -1.93. The number of rotatable bonds is 1. The van der Waals surface area contributed by atoms with Gasteiger partial charge in [0.05, 0.1) is 0 Å². The van der Waals surface area contributed by atoms with Gasteiger partial charge in [0.1, 0.15) is 0 Å². The molecule has 0 bridgehead atoms. The fourth-order valence-corrected chi connectivity index (χ4v) is 0. The van der Waals surface area contributed by atoms with Crippen molar-refractivity contribution < 1.29 is 10.3 Å². The van der Waals surface area contributed by atoms with Gasteiger partial charge < -0.3 is 10.9 Å². The molecule has 0 unspecified atom stereocenters. The third-order valence-corrected chi connectivity index (χ3v) is 0.289. The van der Waals surface area contributed by atoms with Gasteiger partial charge in [-0.1, -0.05) is 6.92 Å². The molecule has 0 atom stereocenters. The predicted octanol–water partition coefficient (Wildman–Crippen LogP) is 0.00740. The molecule has 0 heterocycles. The van der Waals surface area contributed by atoms with Crippen LogP contribution in [0.25, 0.3) is 0 Å². The Morgan fingerprint density at radius 1 is 1.88 bits per heavy atom. The van der Waals surface area contributed by atoms with E-state index in [1.807, 2.05) is 0 Å². The summed E-state index contributed by atoms with van der Waals surface area (Å²) in [6.45, 7) is 2.88. The Balaban J connectivity index is 0. The van der Waals surface area contributed by atoms with E-state index in [2.05, 4.69) is 6.92 Å². The van der Waals surface area contributed by atoms with Crippen molar-refractivity contribution in [3.63, 3.8) is 0 Å². The molecule has 8 heavy (non-hydrogen) atoms. The molecule has 0 aromatic carbocycles. The summed E-state index contributed by atoms with van der Waals surface area (Å²) in [7, 11) is 0. The minimum atomic E-state index is -1.50. The van der Waals surface area contributed by atoms with Gasteiger partial charge in [0.25, 0.3) is 5.09 Å². The Morgan fingerprint density at radius 3 is 2.00 bits per heavy atom. The van der Waals surface area contributed by atoms with E-state index in [1.165, 1.54) is 0 Å². The van der Waals surface area contributed by atoms with Gasteiger partial charge in [-0.3, -0.25) is 0 Å². The molecule has 5 nitrogen and oxygen atoms in total. The molecule has 3 N–H and O–H groups in total. The summed E-state index contributed by atoms with van der Waals surface area (Å²) in [4.78, 5) is 8.36. The van der Waals surface area contributed by atoms with Crippen LogP contribution in [0.5, 0.6) is 0 Å². The number of nitrogens with two attached hydrogens (primary N) is 1. The van der Waals surface area contributed by atoms with Crippen molar-refractivity contribution in [3.8, 4) is 0 Å². The molecule has 50 valence electrons. The third kappa shape index (κ3) is 3490. The molecule has 0 saturated heterocycles. The van der Waals surface area contributed by atoms with Crippen LogP contribution < -0.4 is 5.73 Å². The summed E-state index contributed by atoms with van der Waals surface area (Å²) in [6, 6.07) is 0. The largest absolute Gasteiger partial charge is 0.330 e. The minimum Gasteiger partial charge on any atom is -0.330 e. The fourth-order valence-electron chi connectivity index (χ4n) is 0. The zero-order valence-electron chi connectivity index (χ0n) is 4.70. The first-order chi connectivity index (χ1) is 3.65. The second-order valence-electron chi connectivity index (χ2n) is 1.03. The van der Waals surface area contributed by atoms with Crippen LogP contribution >= 0.6 is 0 Å². The zero-order valence-corrected chi connectivity index (χ0v) is 4.70. The highest BCUT2D eigenvalue weighted by molar-refractivity contribution is 4.19. The summed E-state index contributed by atoms with van der Waals surface area (Å²) < 4.78 is 0. The lowest BCUT2D eigenvalue weighted by atomic mass is 10.5. The standard InChI is InChI=1S/C3H9N.HNO3/c1-2-3-4;2-1(3)4/h2-4H2,1H3;(H,2,3,4). The van der Waals surface area contributed by atoms with Gasteiger partial charge in [0.15, 0.2) is 0 Å². The normalized spacial score (nSPS) is 6.75. The molecule has 0 rings (SSSR count). The van der Waals surface area contributed by atoms with Gasteiger partial charge >= 0.3 is 0 Å². The van der Waals surface area contributed by atoms with Crippen LogP contribution in [0.2, 0.25) is 0 Å². The summed E-state index contributed by atoms with van der Waals surface area (Å²) >= 11 is 0. The Hall–Kier alpha value is -0.840. The molecule has 0 aliphatic rings. The molecule has 0 radical (unpaired) electrons. The number of hydrogen-bond donors (Lipinski definition) is 2. The first kappa shape index (κ1) is 10.2. The van der Waals surface area contributed by atoms with E-state index in [-0.39, 0.29) is 0 Å². The fraction of sp³-hybridized carbons (Fsp3) is 1.00. The van der Waals surface area contributed by atoms with Gasteiger partial charge in [-0.05, 0) is 13.0 Å². The summed E-state index contributed by atoms with van der Waals surface area (Å²) in [5, 5.41) is 13.6. The van der Waals surface area contributed by atoms with Gasteiger partial charge in [0, 0.05) is 0 Å². The highest BCUT2D eigenvalue weighted by Gasteiger charge is 1.65. The molecule has 5 heteroatoms. The Kier molecular flexibility index (Phi) is 12.1. The number of nitrogens with zero attached hydrogens (tertiary/aromatic N) is 1. The molecule has 0 aliphatic heterocycles. The van der Waals surface area contributed by atoms with Crippen LogP contribution in [0.1, 0.15) is 13.3 Å². The van der Waals surface area contributed by atoms with E-state index < -0.39 is 5.09 Å². The SMILES string of the molecule is CCCN.O=[N+]([O-])O. The first-order valence-corrected chi connectivity index (χ1v) is 2.18. The molecule has 0 fully saturated rings. The van der Waals surface area contributed by atoms with E-state index in [0.717, 1.165) is 13.0 Å². The van der Waals surface area contributed by atoms with E-state index in [9.17, 15) is 0 Å². The Morgan fingerprint density at radius 2 is 2.00 bits per heavy atom. The molecule has 0 aromatic heterocycles. The third-order valence-electron chi connectivity index (χ3n) is 0.289. The zero-order chi connectivity index (χ0) is 6.99. The monoisotopic (exact) mass is 122 g/mol. The highest BCUT2D eigenvalue weighted by atomic mass is 16.9. The molecule has 0 aliphatic carbocycles. The van der Waals surface area contributed by atoms with E-state index in [1.54, 1.807) is 0 Å². The predicted molar refractivity (Wildman–Crippen MR) is 28.1 cm³/mol. The molecular weight excluding hydrogens is 112 g/mol. The molecular formula is C3H10N2O3. The molecule has 0 saturated carbocycles. The number of hydrogen-bond acceptors (Lipinski definition) is 3. The quantitative estimate of drug-likeness (QED) is 0.378. The van der Waals surface area contributed by atoms with Crippen molar-refractivity contribution in [2.24, 2.45) is 5.73 Å². The van der Waals surface area contributed by atoms with Crippen LogP contribution in [-0.4, -0.2) is 16.8 Å². The summed E-state index contributed by atoms with van der Waals surface area (Å²) in [5.41, 5.74) is 5.03. The highest BCUT2D eigenvalue weighted by Crippen LogP contribution is 1.57. The Labute approximate surface area is 47.2 Å². The second-order valence-corrected chi connectivity index (χ2v) is 1.03. The van der Waals surface area contributed by atoms with Crippen molar-refractivity contribution in [2.45, 2.75) is 13.3 Å². The maximum Gasteiger partial charge on any atom is 0.291 e. The average molecular weight is 122 g/mol. The van der Waals surface area contributed by atoms with E-state index >= 15 is 0 Å². The second kappa shape index (κ2) is 9.48. The Bertz CT molecular complexity index is 50.5. The van der Waals surface area contributed by atoms with Gasteiger partial charge in [-0.25, -0.2) is 0 Å². The van der Waals surface area contributed by atoms with E-state index in [4.69, 9.17) is 21.1 Å². The first-order valence-electron chi connectivity index (χ1n) is 2.18. The maximum atomic E-state index is 8.36. The lowest BCUT2D eigenvalue weighted by Gasteiger charge is -1.70. The van der Waals surface area contributed by atoms with Gasteiger partial charge in [0.2, 0.25) is 0 Å². The smallest absolute Gasteiger partial charge is 0.291 e. The van der Waals surface area contributed by atoms with Crippen molar-refractivity contribution in [1.82, 2.24) is 0 Å². The van der Waals surface area contributed by atoms with Gasteiger partial charge in [-0.15, -0.1) is 10.1 Å². The van der Waals surface area contributed by atoms with Crippen LogP contribution in [0.4, 0.5) is 0 Å². The van der Waals surface area contributed by atoms with Crippen molar-refractivity contribution in [2.75, 3.05) is 6.54 Å². The maximum absolute atomic E-state index is 8.36. The van der Waals surface area contributed by atoms with Crippen LogP contribution in [-0.2, 0) is 0 Å². The molecule has 0 amide bonds. The molecule has 0 aromatic rings. The minimum absolute atomic E-state index is 0.819. The topological polar surface area (TPSA) is 89.4 Å². The summed E-state index contributed by atoms with van der Waals surface area (Å²) in [6.07, 6.45) is 1.10. The van der Waals surface area contributed by atoms with Crippen molar-refractivity contribution in [1.29, 1.82) is 0 Å². The average Bonchev–Trinajstić information content (AvgIpc) is 1.65.